The molecule has 0 fully saturated rings. The molecule has 0 aliphatic heterocycles. The molecule has 15 heavy (non-hydrogen) atoms. The van der Waals surface area contributed by atoms with Crippen LogP contribution in [0.25, 0.3) is 0 Å². The summed E-state index contributed by atoms with van der Waals surface area (Å²) in [6, 6.07) is 7.49. The number of rotatable bonds is 4. The van der Waals surface area contributed by atoms with Crippen molar-refractivity contribution in [2.45, 2.75) is 6.10 Å². The monoisotopic (exact) mass is 333 g/mol. The van der Waals surface area contributed by atoms with Crippen LogP contribution in [0.15, 0.2) is 27.1 Å². The van der Waals surface area contributed by atoms with Crippen LogP contribution in [0, 0.1) is 11.3 Å². The van der Waals surface area contributed by atoms with Gasteiger partial charge in [-0.3, -0.25) is 0 Å². The van der Waals surface area contributed by atoms with Gasteiger partial charge >= 0.3 is 0 Å². The van der Waals surface area contributed by atoms with Crippen molar-refractivity contribution < 1.29 is 9.84 Å². The van der Waals surface area contributed by atoms with E-state index >= 15 is 0 Å². The Morgan fingerprint density at radius 1 is 1.40 bits per heavy atom. The highest BCUT2D eigenvalue weighted by molar-refractivity contribution is 9.13. The minimum absolute atomic E-state index is 0.0874. The van der Waals surface area contributed by atoms with E-state index in [9.17, 15) is 0 Å². The number of hydrogen-bond donors (Lipinski definition) is 1. The molecule has 1 atom stereocenters. The van der Waals surface area contributed by atoms with Crippen molar-refractivity contribution >= 4 is 31.9 Å². The summed E-state index contributed by atoms with van der Waals surface area (Å²) in [6.45, 7) is 0.0712. The van der Waals surface area contributed by atoms with Crippen LogP contribution in [0.2, 0.25) is 0 Å². The number of hydrogen-bond acceptors (Lipinski definition) is 3. The highest BCUT2D eigenvalue weighted by Gasteiger charge is 2.11. The molecule has 3 nitrogen and oxygen atoms in total. The van der Waals surface area contributed by atoms with Crippen LogP contribution < -0.4 is 0 Å². The number of ether oxygens (including phenoxy) is 1. The molecule has 0 amide bonds. The second-order valence-corrected chi connectivity index (χ2v) is 4.49. The van der Waals surface area contributed by atoms with Crippen molar-refractivity contribution in [3.8, 4) is 6.07 Å². The predicted molar refractivity (Wildman–Crippen MR) is 63.2 cm³/mol. The summed E-state index contributed by atoms with van der Waals surface area (Å²) in [5, 5.41) is 17.5. The van der Waals surface area contributed by atoms with Crippen molar-refractivity contribution in [1.29, 1.82) is 5.26 Å². The molecule has 5 heteroatoms. The third-order valence-corrected chi connectivity index (χ3v) is 3.62. The fraction of sp³-hybridized carbons (Fsp3) is 0.300. The summed E-state index contributed by atoms with van der Waals surface area (Å²) in [6.07, 6.45) is -0.637. The summed E-state index contributed by atoms with van der Waals surface area (Å²) in [5.41, 5.74) is 0.765. The van der Waals surface area contributed by atoms with E-state index < -0.39 is 6.10 Å². The lowest BCUT2D eigenvalue weighted by Gasteiger charge is -2.10. The fourth-order valence-electron chi connectivity index (χ4n) is 1.05. The van der Waals surface area contributed by atoms with Crippen LogP contribution in [0.3, 0.4) is 0 Å². The molecule has 1 aromatic rings. The van der Waals surface area contributed by atoms with Gasteiger partial charge < -0.3 is 9.84 Å². The first-order valence-corrected chi connectivity index (χ1v) is 5.84. The lowest BCUT2D eigenvalue weighted by Crippen LogP contribution is -2.06. The van der Waals surface area contributed by atoms with E-state index in [1.807, 2.05) is 18.2 Å². The van der Waals surface area contributed by atoms with Crippen molar-refractivity contribution in [3.05, 3.63) is 32.7 Å². The van der Waals surface area contributed by atoms with E-state index in [1.54, 1.807) is 6.07 Å². The molecule has 1 unspecified atom stereocenters. The predicted octanol–water partition coefficient (Wildman–Crippen LogP) is 2.79. The first kappa shape index (κ1) is 12.7. The molecule has 0 aromatic heterocycles. The molecule has 1 aromatic carbocycles. The minimum Gasteiger partial charge on any atom is -0.394 e. The Labute approximate surface area is 105 Å². The molecule has 0 saturated heterocycles. The van der Waals surface area contributed by atoms with Gasteiger partial charge in [0.05, 0.1) is 19.3 Å². The smallest absolute Gasteiger partial charge is 0.169 e. The van der Waals surface area contributed by atoms with Gasteiger partial charge in [0.1, 0.15) is 0 Å². The summed E-state index contributed by atoms with van der Waals surface area (Å²) in [7, 11) is 0. The standard InChI is InChI=1S/C10H9Br2NO2/c11-8-2-1-7(5-9(8)12)10(6-13)15-4-3-14/h1-2,5,10,14H,3-4H2. The van der Waals surface area contributed by atoms with Crippen LogP contribution in [0.5, 0.6) is 0 Å². The first-order chi connectivity index (χ1) is 7.19. The van der Waals surface area contributed by atoms with Gasteiger partial charge in [-0.05, 0) is 49.6 Å². The Hall–Kier alpha value is -0.410. The molecular formula is C10H9Br2NO2. The summed E-state index contributed by atoms with van der Waals surface area (Å²) in [4.78, 5) is 0. The van der Waals surface area contributed by atoms with Gasteiger partial charge in [0.15, 0.2) is 6.10 Å². The third kappa shape index (κ3) is 3.58. The number of nitrogens with zero attached hydrogens (tertiary/aromatic N) is 1. The van der Waals surface area contributed by atoms with Gasteiger partial charge in [-0.2, -0.15) is 5.26 Å². The van der Waals surface area contributed by atoms with Gasteiger partial charge in [0.2, 0.25) is 0 Å². The van der Waals surface area contributed by atoms with Gasteiger partial charge in [0.25, 0.3) is 0 Å². The largest absolute Gasteiger partial charge is 0.394 e. The maximum absolute atomic E-state index is 8.88. The van der Waals surface area contributed by atoms with Crippen molar-refractivity contribution in [1.82, 2.24) is 0 Å². The summed E-state index contributed by atoms with van der Waals surface area (Å²) >= 11 is 6.69. The topological polar surface area (TPSA) is 53.2 Å². The van der Waals surface area contributed by atoms with Gasteiger partial charge in [-0.15, -0.1) is 0 Å². The molecule has 0 aliphatic carbocycles. The minimum atomic E-state index is -0.637. The van der Waals surface area contributed by atoms with Crippen molar-refractivity contribution in [2.24, 2.45) is 0 Å². The normalized spacial score (nSPS) is 12.1. The van der Waals surface area contributed by atoms with E-state index in [4.69, 9.17) is 15.1 Å². The zero-order valence-electron chi connectivity index (χ0n) is 7.78. The van der Waals surface area contributed by atoms with Crippen molar-refractivity contribution in [3.63, 3.8) is 0 Å². The van der Waals surface area contributed by atoms with Crippen LogP contribution in [-0.2, 0) is 4.74 Å². The molecule has 1 rings (SSSR count). The zero-order valence-corrected chi connectivity index (χ0v) is 11.0. The summed E-state index contributed by atoms with van der Waals surface area (Å²) in [5.74, 6) is 0. The highest BCUT2D eigenvalue weighted by atomic mass is 79.9. The van der Waals surface area contributed by atoms with E-state index in [2.05, 4.69) is 31.9 Å². The van der Waals surface area contributed by atoms with Crippen LogP contribution in [0.4, 0.5) is 0 Å². The number of nitriles is 1. The molecule has 0 saturated carbocycles. The number of aliphatic hydroxyl groups is 1. The number of aliphatic hydroxyl groups excluding tert-OH is 1. The van der Waals surface area contributed by atoms with Crippen LogP contribution in [-0.4, -0.2) is 18.3 Å². The molecule has 0 radical (unpaired) electrons. The number of halogens is 2. The molecule has 0 heterocycles. The fourth-order valence-corrected chi connectivity index (χ4v) is 1.70. The quantitative estimate of drug-likeness (QED) is 0.921. The first-order valence-electron chi connectivity index (χ1n) is 4.26. The second kappa shape index (κ2) is 6.23. The van der Waals surface area contributed by atoms with Gasteiger partial charge in [-0.25, -0.2) is 0 Å². The Balaban J connectivity index is 2.84. The zero-order chi connectivity index (χ0) is 11.3. The van der Waals surface area contributed by atoms with Crippen molar-refractivity contribution in [2.75, 3.05) is 13.2 Å². The SMILES string of the molecule is N#CC(OCCO)c1ccc(Br)c(Br)c1. The average Bonchev–Trinajstić information content (AvgIpc) is 2.24. The molecule has 0 spiro atoms. The van der Waals surface area contributed by atoms with E-state index in [1.165, 1.54) is 0 Å². The molecule has 0 bridgehead atoms. The highest BCUT2D eigenvalue weighted by Crippen LogP contribution is 2.27. The second-order valence-electron chi connectivity index (χ2n) is 2.78. The average molecular weight is 335 g/mol. The van der Waals surface area contributed by atoms with E-state index in [0.29, 0.717) is 0 Å². The van der Waals surface area contributed by atoms with Gasteiger partial charge in [-0.1, -0.05) is 6.07 Å². The molecule has 0 aliphatic rings. The number of benzene rings is 1. The third-order valence-electron chi connectivity index (χ3n) is 1.74. The van der Waals surface area contributed by atoms with Gasteiger partial charge in [0, 0.05) is 8.95 Å². The Morgan fingerprint density at radius 2 is 2.13 bits per heavy atom. The molecule has 80 valence electrons. The molecular weight excluding hydrogens is 326 g/mol. The molecule has 1 N–H and O–H groups in total. The lowest BCUT2D eigenvalue weighted by atomic mass is 10.1. The summed E-state index contributed by atoms with van der Waals surface area (Å²) < 4.78 is 6.96. The Kier molecular flexibility index (Phi) is 5.26. The lowest BCUT2D eigenvalue weighted by molar-refractivity contribution is 0.0581. The van der Waals surface area contributed by atoms with E-state index in [0.717, 1.165) is 14.5 Å². The van der Waals surface area contributed by atoms with Crippen LogP contribution >= 0.6 is 31.9 Å². The maximum Gasteiger partial charge on any atom is 0.169 e. The maximum atomic E-state index is 8.88. The van der Waals surface area contributed by atoms with Crippen LogP contribution in [0.1, 0.15) is 11.7 Å². The Morgan fingerprint density at radius 3 is 2.67 bits per heavy atom. The van der Waals surface area contributed by atoms with E-state index in [-0.39, 0.29) is 13.2 Å². The Bertz CT molecular complexity index is 376.